The third-order valence-electron chi connectivity index (χ3n) is 2.50. The minimum atomic E-state index is -0.521. The van der Waals surface area contributed by atoms with E-state index < -0.39 is 17.8 Å². The lowest BCUT2D eigenvalue weighted by Crippen LogP contribution is -2.33. The molecule has 5 heteroatoms. The molecule has 0 saturated carbocycles. The summed E-state index contributed by atoms with van der Waals surface area (Å²) in [7, 11) is 0. The highest BCUT2D eigenvalue weighted by atomic mass is 16.7. The zero-order valence-electron chi connectivity index (χ0n) is 8.14. The summed E-state index contributed by atoms with van der Waals surface area (Å²) in [6, 6.07) is 0. The first-order valence-corrected chi connectivity index (χ1v) is 4.93. The molecule has 0 aromatic carbocycles. The van der Waals surface area contributed by atoms with Gasteiger partial charge in [0.15, 0.2) is 0 Å². The van der Waals surface area contributed by atoms with Crippen molar-refractivity contribution in [1.82, 2.24) is 5.06 Å². The third kappa shape index (κ3) is 1.91. The molecule has 0 aromatic heterocycles. The Balaban J connectivity index is 1.96. The Morgan fingerprint density at radius 2 is 2.00 bits per heavy atom. The van der Waals surface area contributed by atoms with Crippen LogP contribution in [0.3, 0.4) is 0 Å². The van der Waals surface area contributed by atoms with E-state index >= 15 is 0 Å². The fourth-order valence-corrected chi connectivity index (χ4v) is 1.64. The largest absolute Gasteiger partial charge is 0.339 e. The molecule has 1 aliphatic carbocycles. The van der Waals surface area contributed by atoms with Crippen molar-refractivity contribution in [3.8, 4) is 0 Å². The van der Waals surface area contributed by atoms with E-state index in [1.165, 1.54) is 0 Å². The summed E-state index contributed by atoms with van der Waals surface area (Å²) in [5.41, 5.74) is 0. The number of amides is 2. The van der Waals surface area contributed by atoms with Gasteiger partial charge in [-0.25, -0.2) is 4.79 Å². The van der Waals surface area contributed by atoms with Crippen molar-refractivity contribution in [3.05, 3.63) is 12.2 Å². The number of allylic oxidation sites excluding steroid dienone is 1. The van der Waals surface area contributed by atoms with Gasteiger partial charge in [0.2, 0.25) is 0 Å². The minimum absolute atomic E-state index is 0.132. The summed E-state index contributed by atoms with van der Waals surface area (Å²) in [6.45, 7) is 0. The molecule has 2 rings (SSSR count). The van der Waals surface area contributed by atoms with E-state index in [0.717, 1.165) is 6.42 Å². The standard InChI is InChI=1S/C10H11NO4/c12-8-5-6-9(13)11(8)15-10(14)7-3-1-2-4-7/h1,3,7H,2,4-6H2. The molecule has 1 unspecified atom stereocenters. The van der Waals surface area contributed by atoms with Crippen molar-refractivity contribution < 1.29 is 19.2 Å². The summed E-state index contributed by atoms with van der Waals surface area (Å²) < 4.78 is 0. The van der Waals surface area contributed by atoms with E-state index in [-0.39, 0.29) is 18.8 Å². The first-order valence-electron chi connectivity index (χ1n) is 4.93. The van der Waals surface area contributed by atoms with Crippen LogP contribution in [-0.2, 0) is 19.2 Å². The van der Waals surface area contributed by atoms with E-state index in [9.17, 15) is 14.4 Å². The molecule has 0 radical (unpaired) electrons. The molecule has 1 aliphatic heterocycles. The summed E-state index contributed by atoms with van der Waals surface area (Å²) in [5.74, 6) is -1.70. The average molecular weight is 209 g/mol. The second-order valence-electron chi connectivity index (χ2n) is 3.60. The van der Waals surface area contributed by atoms with Gasteiger partial charge in [-0.1, -0.05) is 12.2 Å². The van der Waals surface area contributed by atoms with Gasteiger partial charge >= 0.3 is 5.97 Å². The van der Waals surface area contributed by atoms with Crippen molar-refractivity contribution in [2.75, 3.05) is 0 Å². The monoisotopic (exact) mass is 209 g/mol. The molecule has 1 heterocycles. The quantitative estimate of drug-likeness (QED) is 0.492. The van der Waals surface area contributed by atoms with E-state index in [1.807, 2.05) is 6.08 Å². The van der Waals surface area contributed by atoms with Crippen LogP contribution < -0.4 is 0 Å². The van der Waals surface area contributed by atoms with Crippen LogP contribution >= 0.6 is 0 Å². The number of nitrogens with zero attached hydrogens (tertiary/aromatic N) is 1. The van der Waals surface area contributed by atoms with Crippen LogP contribution in [0, 0.1) is 5.92 Å². The van der Waals surface area contributed by atoms with Crippen molar-refractivity contribution in [1.29, 1.82) is 0 Å². The number of rotatable bonds is 2. The highest BCUT2D eigenvalue weighted by molar-refractivity contribution is 6.01. The molecule has 1 atom stereocenters. The maximum absolute atomic E-state index is 11.5. The van der Waals surface area contributed by atoms with E-state index in [1.54, 1.807) is 6.08 Å². The molecule has 0 bridgehead atoms. The van der Waals surface area contributed by atoms with Crippen LogP contribution in [0.15, 0.2) is 12.2 Å². The van der Waals surface area contributed by atoms with Gasteiger partial charge in [0.25, 0.3) is 11.8 Å². The lowest BCUT2D eigenvalue weighted by atomic mass is 10.1. The van der Waals surface area contributed by atoms with E-state index in [2.05, 4.69) is 0 Å². The lowest BCUT2D eigenvalue weighted by molar-refractivity contribution is -0.199. The summed E-state index contributed by atoms with van der Waals surface area (Å²) in [6.07, 6.45) is 5.42. The number of hydroxylamine groups is 2. The Bertz CT molecular complexity index is 331. The topological polar surface area (TPSA) is 63.7 Å². The predicted molar refractivity (Wildman–Crippen MR) is 49.0 cm³/mol. The maximum atomic E-state index is 11.5. The van der Waals surface area contributed by atoms with Gasteiger partial charge in [0.05, 0.1) is 5.92 Å². The van der Waals surface area contributed by atoms with Crippen molar-refractivity contribution in [2.24, 2.45) is 5.92 Å². The van der Waals surface area contributed by atoms with E-state index in [0.29, 0.717) is 11.5 Å². The fourth-order valence-electron chi connectivity index (χ4n) is 1.64. The second-order valence-corrected chi connectivity index (χ2v) is 3.60. The first kappa shape index (κ1) is 9.89. The molecule has 15 heavy (non-hydrogen) atoms. The Kier molecular flexibility index (Phi) is 2.53. The van der Waals surface area contributed by atoms with Gasteiger partial charge in [0.1, 0.15) is 0 Å². The number of hydrogen-bond donors (Lipinski definition) is 0. The number of carbonyl (C=O) groups excluding carboxylic acids is 3. The summed E-state index contributed by atoms with van der Waals surface area (Å²) in [4.78, 5) is 38.5. The molecule has 0 spiro atoms. The fraction of sp³-hybridized carbons (Fsp3) is 0.500. The second kappa shape index (κ2) is 3.84. The van der Waals surface area contributed by atoms with Gasteiger partial charge < -0.3 is 4.84 Å². The molecular formula is C10H11NO4. The molecule has 1 saturated heterocycles. The molecule has 0 aromatic rings. The zero-order valence-corrected chi connectivity index (χ0v) is 8.14. The molecule has 2 amide bonds. The van der Waals surface area contributed by atoms with Gasteiger partial charge in [-0.2, -0.15) is 0 Å². The Morgan fingerprint density at radius 1 is 1.33 bits per heavy atom. The number of carbonyl (C=O) groups is 3. The average Bonchev–Trinajstić information content (AvgIpc) is 2.82. The molecular weight excluding hydrogens is 198 g/mol. The SMILES string of the molecule is O=C(ON1C(=O)CCC1=O)C1C=CCC1. The summed E-state index contributed by atoms with van der Waals surface area (Å²) >= 11 is 0. The van der Waals surface area contributed by atoms with Gasteiger partial charge in [0, 0.05) is 12.8 Å². The Labute approximate surface area is 86.6 Å². The van der Waals surface area contributed by atoms with Gasteiger partial charge in [-0.3, -0.25) is 9.59 Å². The highest BCUT2D eigenvalue weighted by Crippen LogP contribution is 2.20. The highest BCUT2D eigenvalue weighted by Gasteiger charge is 2.34. The van der Waals surface area contributed by atoms with Crippen LogP contribution in [0.2, 0.25) is 0 Å². The minimum Gasteiger partial charge on any atom is -0.330 e. The molecule has 5 nitrogen and oxygen atoms in total. The van der Waals surface area contributed by atoms with Crippen LogP contribution in [-0.4, -0.2) is 22.8 Å². The maximum Gasteiger partial charge on any atom is 0.339 e. The first-order chi connectivity index (χ1) is 7.18. The molecule has 0 N–H and O–H groups in total. The number of imide groups is 1. The Morgan fingerprint density at radius 3 is 2.53 bits per heavy atom. The normalized spacial score (nSPS) is 25.1. The van der Waals surface area contributed by atoms with Gasteiger partial charge in [-0.15, -0.1) is 5.06 Å². The summed E-state index contributed by atoms with van der Waals surface area (Å²) in [5, 5.41) is 0.592. The molecule has 1 fully saturated rings. The van der Waals surface area contributed by atoms with Crippen molar-refractivity contribution in [2.45, 2.75) is 25.7 Å². The van der Waals surface area contributed by atoms with Crippen molar-refractivity contribution >= 4 is 17.8 Å². The van der Waals surface area contributed by atoms with E-state index in [4.69, 9.17) is 4.84 Å². The molecule has 80 valence electrons. The zero-order chi connectivity index (χ0) is 10.8. The smallest absolute Gasteiger partial charge is 0.330 e. The third-order valence-corrected chi connectivity index (χ3v) is 2.50. The lowest BCUT2D eigenvalue weighted by Gasteiger charge is -2.14. The van der Waals surface area contributed by atoms with Crippen molar-refractivity contribution in [3.63, 3.8) is 0 Å². The predicted octanol–water partition coefficient (Wildman–Crippen LogP) is 0.560. The molecule has 2 aliphatic rings. The van der Waals surface area contributed by atoms with Crippen LogP contribution in [0.4, 0.5) is 0 Å². The number of hydrogen-bond acceptors (Lipinski definition) is 4. The van der Waals surface area contributed by atoms with Crippen LogP contribution in [0.5, 0.6) is 0 Å². The Hall–Kier alpha value is -1.65. The van der Waals surface area contributed by atoms with Crippen LogP contribution in [0.25, 0.3) is 0 Å². The van der Waals surface area contributed by atoms with Crippen LogP contribution in [0.1, 0.15) is 25.7 Å². The van der Waals surface area contributed by atoms with Gasteiger partial charge in [-0.05, 0) is 12.8 Å².